The zero-order chi connectivity index (χ0) is 7.44. The lowest BCUT2D eigenvalue weighted by Gasteiger charge is -1.86. The van der Waals surface area contributed by atoms with E-state index < -0.39 is 11.9 Å². The van der Waals surface area contributed by atoms with E-state index in [2.05, 4.69) is 0 Å². The van der Waals surface area contributed by atoms with Crippen molar-refractivity contribution in [2.45, 2.75) is 0 Å². The molecule has 0 heterocycles. The van der Waals surface area contributed by atoms with Crippen molar-refractivity contribution >= 4 is 22.2 Å². The lowest BCUT2D eigenvalue weighted by molar-refractivity contribution is -0.134. The first-order valence-electron chi connectivity index (χ1n) is 2.18. The van der Waals surface area contributed by atoms with Crippen molar-refractivity contribution < 1.29 is 19.8 Å². The molecule has 0 saturated carbocycles. The van der Waals surface area contributed by atoms with Gasteiger partial charge < -0.3 is 10.2 Å². The van der Waals surface area contributed by atoms with E-state index in [1.807, 2.05) is 0 Å². The van der Waals surface area contributed by atoms with Crippen molar-refractivity contribution in [2.24, 2.45) is 0 Å². The number of hydrogen-bond acceptors (Lipinski definition) is 2. The molecule has 4 nitrogen and oxygen atoms in total. The third-order valence-corrected chi connectivity index (χ3v) is 1.39. The molecule has 0 aliphatic heterocycles. The fourth-order valence-electron chi connectivity index (χ4n) is 0.247. The van der Waals surface area contributed by atoms with Crippen LogP contribution in [0.15, 0.2) is 11.3 Å². The summed E-state index contributed by atoms with van der Waals surface area (Å²) in [7, 11) is 0.252. The highest BCUT2D eigenvalue weighted by Gasteiger charge is 2.00. The molecule has 0 saturated heterocycles. The molecule has 0 aromatic heterocycles. The van der Waals surface area contributed by atoms with E-state index in [1.54, 1.807) is 0 Å². The second kappa shape index (κ2) is 3.03. The smallest absolute Gasteiger partial charge is 0.328 e. The Morgan fingerprint density at radius 1 is 1.33 bits per heavy atom. The van der Waals surface area contributed by atoms with Crippen molar-refractivity contribution in [3.8, 4) is 0 Å². The van der Waals surface area contributed by atoms with Crippen LogP contribution in [0.1, 0.15) is 0 Å². The van der Waals surface area contributed by atoms with Gasteiger partial charge in [0.05, 0.1) is 0 Å². The van der Waals surface area contributed by atoms with Gasteiger partial charge in [0, 0.05) is 21.5 Å². The van der Waals surface area contributed by atoms with Crippen molar-refractivity contribution in [1.82, 2.24) is 0 Å². The minimum atomic E-state index is -1.21. The molecule has 0 bridgehead atoms. The Balaban J connectivity index is 4.17. The Hall–Kier alpha value is -1.10. The fourth-order valence-corrected chi connectivity index (χ4v) is 0.494. The van der Waals surface area contributed by atoms with E-state index in [4.69, 9.17) is 10.2 Å². The van der Waals surface area contributed by atoms with Gasteiger partial charge in [0.2, 0.25) is 0 Å². The maximum atomic E-state index is 9.94. The molecule has 0 spiro atoms. The van der Waals surface area contributed by atoms with Crippen molar-refractivity contribution in [2.75, 3.05) is 0 Å². The molecule has 0 aliphatic carbocycles. The van der Waals surface area contributed by atoms with Crippen LogP contribution in [0.5, 0.6) is 0 Å². The van der Waals surface area contributed by atoms with Crippen molar-refractivity contribution in [1.29, 1.82) is 0 Å². The molecule has 0 aliphatic rings. The summed E-state index contributed by atoms with van der Waals surface area (Å²) in [6.07, 6.45) is 0.703. The number of rotatable bonds is 2. The Bertz CT molecular complexity index is 171. The zero-order valence-corrected chi connectivity index (χ0v) is 6.79. The summed E-state index contributed by atoms with van der Waals surface area (Å²) >= 11 is 0. The van der Waals surface area contributed by atoms with Crippen LogP contribution >= 0.6 is 0 Å². The van der Waals surface area contributed by atoms with Gasteiger partial charge >= 0.3 is 11.9 Å². The molecule has 9 heavy (non-hydrogen) atoms. The van der Waals surface area contributed by atoms with Gasteiger partial charge in [-0.15, -0.1) is 0 Å². The van der Waals surface area contributed by atoms with Gasteiger partial charge in [0.15, 0.2) is 0 Å². The maximum Gasteiger partial charge on any atom is 0.328 e. The second-order valence-electron chi connectivity index (χ2n) is 1.47. The summed E-state index contributed by atoms with van der Waals surface area (Å²) < 4.78 is 0. The zero-order valence-electron chi connectivity index (χ0n) is 4.79. The topological polar surface area (TPSA) is 74.6 Å². The van der Waals surface area contributed by atoms with Gasteiger partial charge in [0.1, 0.15) is 0 Å². The molecule has 0 rings (SSSR count). The van der Waals surface area contributed by atoms with E-state index >= 15 is 0 Å². The van der Waals surface area contributed by atoms with E-state index in [0.717, 1.165) is 0 Å². The Kier molecular flexibility index (Phi) is 2.66. The third kappa shape index (κ3) is 3.48. The number of carbonyl (C=O) groups is 2. The molecule has 0 atom stereocenters. The van der Waals surface area contributed by atoms with Crippen LogP contribution in [0.25, 0.3) is 0 Å². The summed E-state index contributed by atoms with van der Waals surface area (Å²) in [6, 6.07) is 0. The van der Waals surface area contributed by atoms with E-state index in [1.165, 1.54) is 0 Å². The predicted octanol–water partition coefficient (Wildman–Crippen LogP) is -1.60. The highest BCUT2D eigenvalue weighted by atomic mass is 28.1. The maximum absolute atomic E-state index is 9.94. The Morgan fingerprint density at radius 3 is 1.89 bits per heavy atom. The molecule has 2 N–H and O–H groups in total. The molecule has 0 fully saturated rings. The molecular weight excluding hydrogens is 140 g/mol. The minimum Gasteiger partial charge on any atom is -0.478 e. The molecule has 0 unspecified atom stereocenters. The van der Waals surface area contributed by atoms with Crippen molar-refractivity contribution in [3.05, 3.63) is 11.3 Å². The molecule has 5 heteroatoms. The van der Waals surface area contributed by atoms with Gasteiger partial charge in [-0.2, -0.15) is 0 Å². The first-order chi connectivity index (χ1) is 4.04. The van der Waals surface area contributed by atoms with E-state index in [-0.39, 0.29) is 15.4 Å². The highest BCUT2D eigenvalue weighted by Crippen LogP contribution is 1.84. The molecule has 0 aromatic rings. The van der Waals surface area contributed by atoms with Gasteiger partial charge in [0.25, 0.3) is 0 Å². The number of carboxylic acid groups (broad SMARTS) is 2. The summed E-state index contributed by atoms with van der Waals surface area (Å²) in [5, 5.41) is 16.1. The monoisotopic (exact) mass is 146 g/mol. The first kappa shape index (κ1) is 7.90. The lowest BCUT2D eigenvalue weighted by Crippen LogP contribution is -2.02. The molecule has 50 valence electrons. The van der Waals surface area contributed by atoms with Gasteiger partial charge in [-0.05, 0) is 0 Å². The quantitative estimate of drug-likeness (QED) is 0.363. The Labute approximate surface area is 54.2 Å². The SMILES string of the molecule is O=C(O)C=C([SiH3])C(=O)O. The van der Waals surface area contributed by atoms with Crippen molar-refractivity contribution in [3.63, 3.8) is 0 Å². The second-order valence-corrected chi connectivity index (χ2v) is 2.55. The fraction of sp³-hybridized carbons (Fsp3) is 0. The van der Waals surface area contributed by atoms with Gasteiger partial charge in [-0.1, -0.05) is 0 Å². The van der Waals surface area contributed by atoms with Crippen LogP contribution in [0.2, 0.25) is 0 Å². The Morgan fingerprint density at radius 2 is 1.78 bits per heavy atom. The standard InChI is InChI=1S/C4H6O4Si/c5-3(6)1-2(9)4(7)8/h1H,9H3,(H,5,6)(H,7,8). The minimum absolute atomic E-state index is 0.0394. The van der Waals surface area contributed by atoms with E-state index in [0.29, 0.717) is 6.08 Å². The number of carboxylic acids is 2. The highest BCUT2D eigenvalue weighted by molar-refractivity contribution is 6.36. The van der Waals surface area contributed by atoms with Crippen LogP contribution in [-0.2, 0) is 9.59 Å². The normalized spacial score (nSPS) is 11.3. The van der Waals surface area contributed by atoms with Gasteiger partial charge in [-0.3, -0.25) is 0 Å². The summed E-state index contributed by atoms with van der Waals surface area (Å²) in [6.45, 7) is 0. The van der Waals surface area contributed by atoms with Crippen LogP contribution in [0, 0.1) is 0 Å². The van der Waals surface area contributed by atoms with Crippen LogP contribution < -0.4 is 0 Å². The van der Waals surface area contributed by atoms with Crippen LogP contribution in [0.4, 0.5) is 0 Å². The molecule has 0 amide bonds. The van der Waals surface area contributed by atoms with Gasteiger partial charge in [-0.25, -0.2) is 9.59 Å². The average Bonchev–Trinajstić information content (AvgIpc) is 1.63. The average molecular weight is 146 g/mol. The number of hydrogen-bond donors (Lipinski definition) is 2. The molecule has 0 radical (unpaired) electrons. The summed E-state index contributed by atoms with van der Waals surface area (Å²) in [5.74, 6) is -2.36. The summed E-state index contributed by atoms with van der Waals surface area (Å²) in [4.78, 5) is 19.7. The summed E-state index contributed by atoms with van der Waals surface area (Å²) in [5.41, 5.74) is 0. The molecular formula is C4H6O4Si. The molecule has 0 aromatic carbocycles. The first-order valence-corrected chi connectivity index (χ1v) is 3.18. The van der Waals surface area contributed by atoms with Crippen LogP contribution in [-0.4, -0.2) is 32.4 Å². The predicted molar refractivity (Wildman–Crippen MR) is 33.3 cm³/mol. The number of aliphatic carboxylic acids is 2. The largest absolute Gasteiger partial charge is 0.478 e. The lowest BCUT2D eigenvalue weighted by atomic mass is 10.5. The van der Waals surface area contributed by atoms with Crippen LogP contribution in [0.3, 0.4) is 0 Å². The van der Waals surface area contributed by atoms with E-state index in [9.17, 15) is 9.59 Å². The third-order valence-electron chi connectivity index (χ3n) is 0.677.